The standard InChI is InChI=1S/C19H21N3O2/c20-17(23)14-8-10-16(11-9-14)21-18(24)22-19(12-4-5-13-19)15-6-2-1-3-7-15/h1-3,6-11H,4-5,12-13H2,(H2,20,23)(H2,21,22,24). The van der Waals surface area contributed by atoms with Crippen LogP contribution in [0.4, 0.5) is 10.5 Å². The van der Waals surface area contributed by atoms with Crippen LogP contribution in [0, 0.1) is 0 Å². The maximum absolute atomic E-state index is 12.5. The van der Waals surface area contributed by atoms with Crippen molar-refractivity contribution in [3.05, 3.63) is 65.7 Å². The van der Waals surface area contributed by atoms with Crippen LogP contribution in [-0.4, -0.2) is 11.9 Å². The molecule has 5 nitrogen and oxygen atoms in total. The van der Waals surface area contributed by atoms with E-state index in [9.17, 15) is 9.59 Å². The van der Waals surface area contributed by atoms with Gasteiger partial charge in [-0.2, -0.15) is 0 Å². The summed E-state index contributed by atoms with van der Waals surface area (Å²) in [5.41, 5.74) is 7.09. The Morgan fingerprint density at radius 1 is 0.917 bits per heavy atom. The van der Waals surface area contributed by atoms with Crippen molar-refractivity contribution in [1.29, 1.82) is 0 Å². The van der Waals surface area contributed by atoms with E-state index in [0.717, 1.165) is 31.2 Å². The molecule has 0 heterocycles. The second kappa shape index (κ2) is 6.74. The molecule has 0 spiro atoms. The number of rotatable bonds is 4. The van der Waals surface area contributed by atoms with Crippen LogP contribution in [0.1, 0.15) is 41.6 Å². The number of hydrogen-bond acceptors (Lipinski definition) is 2. The van der Waals surface area contributed by atoms with Gasteiger partial charge in [0.1, 0.15) is 0 Å². The molecule has 1 aliphatic rings. The van der Waals surface area contributed by atoms with E-state index >= 15 is 0 Å². The van der Waals surface area contributed by atoms with E-state index in [0.29, 0.717) is 11.3 Å². The highest BCUT2D eigenvalue weighted by Crippen LogP contribution is 2.38. The summed E-state index contributed by atoms with van der Waals surface area (Å²) < 4.78 is 0. The minimum atomic E-state index is -0.486. The van der Waals surface area contributed by atoms with Gasteiger partial charge in [-0.05, 0) is 42.7 Å². The molecule has 124 valence electrons. The van der Waals surface area contributed by atoms with Crippen LogP contribution < -0.4 is 16.4 Å². The monoisotopic (exact) mass is 323 g/mol. The first-order valence-corrected chi connectivity index (χ1v) is 8.14. The maximum atomic E-state index is 12.5. The summed E-state index contributed by atoms with van der Waals surface area (Å²) in [6.45, 7) is 0. The molecular formula is C19H21N3O2. The van der Waals surface area contributed by atoms with Crippen LogP contribution in [0.25, 0.3) is 0 Å². The van der Waals surface area contributed by atoms with Crippen molar-refractivity contribution in [2.24, 2.45) is 5.73 Å². The number of anilines is 1. The van der Waals surface area contributed by atoms with Crippen molar-refractivity contribution in [2.75, 3.05) is 5.32 Å². The molecule has 1 fully saturated rings. The van der Waals surface area contributed by atoms with Gasteiger partial charge in [0.2, 0.25) is 5.91 Å². The molecule has 24 heavy (non-hydrogen) atoms. The highest BCUT2D eigenvalue weighted by atomic mass is 16.2. The number of benzene rings is 2. The van der Waals surface area contributed by atoms with E-state index in [4.69, 9.17) is 5.73 Å². The van der Waals surface area contributed by atoms with E-state index in [1.807, 2.05) is 18.2 Å². The summed E-state index contributed by atoms with van der Waals surface area (Å²) in [4.78, 5) is 23.5. The Bertz CT molecular complexity index is 720. The molecule has 0 atom stereocenters. The predicted molar refractivity (Wildman–Crippen MR) is 93.7 cm³/mol. The lowest BCUT2D eigenvalue weighted by Crippen LogP contribution is -2.45. The second-order valence-corrected chi connectivity index (χ2v) is 6.18. The topological polar surface area (TPSA) is 84.2 Å². The van der Waals surface area contributed by atoms with E-state index in [1.54, 1.807) is 24.3 Å². The molecule has 0 radical (unpaired) electrons. The van der Waals surface area contributed by atoms with Crippen molar-refractivity contribution in [3.63, 3.8) is 0 Å². The zero-order chi connectivity index (χ0) is 17.0. The average Bonchev–Trinajstić information content (AvgIpc) is 3.05. The first kappa shape index (κ1) is 16.1. The molecular weight excluding hydrogens is 302 g/mol. The summed E-state index contributed by atoms with van der Waals surface area (Å²) in [6.07, 6.45) is 4.07. The third-order valence-electron chi connectivity index (χ3n) is 4.56. The van der Waals surface area contributed by atoms with Crippen molar-refractivity contribution in [3.8, 4) is 0 Å². The summed E-state index contributed by atoms with van der Waals surface area (Å²) in [5, 5.41) is 5.98. The molecule has 1 saturated carbocycles. The average molecular weight is 323 g/mol. The lowest BCUT2D eigenvalue weighted by atomic mass is 9.88. The van der Waals surface area contributed by atoms with E-state index in [-0.39, 0.29) is 11.6 Å². The van der Waals surface area contributed by atoms with Gasteiger partial charge in [-0.25, -0.2) is 4.79 Å². The molecule has 2 aromatic rings. The van der Waals surface area contributed by atoms with Crippen molar-refractivity contribution >= 4 is 17.6 Å². The first-order chi connectivity index (χ1) is 11.6. The SMILES string of the molecule is NC(=O)c1ccc(NC(=O)NC2(c3ccccc3)CCCC2)cc1. The molecule has 0 aliphatic heterocycles. The highest BCUT2D eigenvalue weighted by Gasteiger charge is 2.36. The van der Waals surface area contributed by atoms with Crippen molar-refractivity contribution in [2.45, 2.75) is 31.2 Å². The van der Waals surface area contributed by atoms with Crippen LogP contribution in [0.2, 0.25) is 0 Å². The zero-order valence-corrected chi connectivity index (χ0v) is 13.4. The fourth-order valence-corrected chi connectivity index (χ4v) is 3.32. The fourth-order valence-electron chi connectivity index (χ4n) is 3.32. The number of nitrogens with two attached hydrogens (primary N) is 1. The van der Waals surface area contributed by atoms with Gasteiger partial charge in [-0.15, -0.1) is 0 Å². The van der Waals surface area contributed by atoms with Gasteiger partial charge in [0.05, 0.1) is 5.54 Å². The smallest absolute Gasteiger partial charge is 0.319 e. The van der Waals surface area contributed by atoms with Crippen molar-refractivity contribution in [1.82, 2.24) is 5.32 Å². The van der Waals surface area contributed by atoms with Gasteiger partial charge in [0.25, 0.3) is 0 Å². The molecule has 5 heteroatoms. The number of urea groups is 1. The van der Waals surface area contributed by atoms with Gasteiger partial charge in [0.15, 0.2) is 0 Å². The Morgan fingerprint density at radius 3 is 2.12 bits per heavy atom. The summed E-state index contributed by atoms with van der Waals surface area (Å²) in [6, 6.07) is 16.4. The zero-order valence-electron chi connectivity index (χ0n) is 13.4. The Morgan fingerprint density at radius 2 is 1.54 bits per heavy atom. The minimum Gasteiger partial charge on any atom is -0.366 e. The van der Waals surface area contributed by atoms with Crippen LogP contribution in [0.3, 0.4) is 0 Å². The lowest BCUT2D eigenvalue weighted by Gasteiger charge is -2.31. The number of nitrogens with one attached hydrogen (secondary N) is 2. The maximum Gasteiger partial charge on any atom is 0.319 e. The number of amides is 3. The molecule has 3 rings (SSSR count). The first-order valence-electron chi connectivity index (χ1n) is 8.14. The third-order valence-corrected chi connectivity index (χ3v) is 4.56. The Hall–Kier alpha value is -2.82. The molecule has 0 aromatic heterocycles. The van der Waals surface area contributed by atoms with Crippen LogP contribution in [0.15, 0.2) is 54.6 Å². The van der Waals surface area contributed by atoms with Crippen LogP contribution in [0.5, 0.6) is 0 Å². The fraction of sp³-hybridized carbons (Fsp3) is 0.263. The molecule has 2 aromatic carbocycles. The summed E-state index contributed by atoms with van der Waals surface area (Å²) >= 11 is 0. The molecule has 1 aliphatic carbocycles. The Kier molecular flexibility index (Phi) is 4.51. The normalized spacial score (nSPS) is 15.7. The van der Waals surface area contributed by atoms with Gasteiger partial charge >= 0.3 is 6.03 Å². The lowest BCUT2D eigenvalue weighted by molar-refractivity contribution is 0.100. The van der Waals surface area contributed by atoms with E-state index in [1.165, 1.54) is 0 Å². The number of primary amides is 1. The van der Waals surface area contributed by atoms with Gasteiger partial charge in [0, 0.05) is 11.3 Å². The van der Waals surface area contributed by atoms with E-state index in [2.05, 4.69) is 22.8 Å². The number of carbonyl (C=O) groups excluding carboxylic acids is 2. The largest absolute Gasteiger partial charge is 0.366 e. The quantitative estimate of drug-likeness (QED) is 0.806. The molecule has 0 saturated heterocycles. The van der Waals surface area contributed by atoms with Crippen LogP contribution in [-0.2, 0) is 5.54 Å². The van der Waals surface area contributed by atoms with Crippen LogP contribution >= 0.6 is 0 Å². The van der Waals surface area contributed by atoms with Gasteiger partial charge in [-0.1, -0.05) is 43.2 Å². The molecule has 3 amide bonds. The summed E-state index contributed by atoms with van der Waals surface area (Å²) in [5.74, 6) is -0.486. The molecule has 4 N–H and O–H groups in total. The second-order valence-electron chi connectivity index (χ2n) is 6.18. The summed E-state index contributed by atoms with van der Waals surface area (Å²) in [7, 11) is 0. The highest BCUT2D eigenvalue weighted by molar-refractivity contribution is 5.94. The Labute approximate surface area is 141 Å². The molecule has 0 bridgehead atoms. The van der Waals surface area contributed by atoms with Gasteiger partial charge in [-0.3, -0.25) is 4.79 Å². The van der Waals surface area contributed by atoms with E-state index < -0.39 is 5.91 Å². The Balaban J connectivity index is 1.71. The van der Waals surface area contributed by atoms with Gasteiger partial charge < -0.3 is 16.4 Å². The minimum absolute atomic E-state index is 0.243. The predicted octanol–water partition coefficient (Wildman–Crippen LogP) is 3.38. The molecule has 0 unspecified atom stereocenters. The third kappa shape index (κ3) is 3.40. The van der Waals surface area contributed by atoms with Crippen molar-refractivity contribution < 1.29 is 9.59 Å². The number of carbonyl (C=O) groups is 2. The number of hydrogen-bond donors (Lipinski definition) is 3.